The van der Waals surface area contributed by atoms with E-state index in [4.69, 9.17) is 0 Å². The Morgan fingerprint density at radius 3 is 2.59 bits per heavy atom. The van der Waals surface area contributed by atoms with Crippen molar-refractivity contribution in [3.63, 3.8) is 0 Å². The van der Waals surface area contributed by atoms with Gasteiger partial charge in [-0.1, -0.05) is 6.07 Å². The number of hydrogen-bond donors (Lipinski definition) is 1. The van der Waals surface area contributed by atoms with Crippen molar-refractivity contribution in [1.82, 2.24) is 14.6 Å². The molecule has 0 aliphatic carbocycles. The summed E-state index contributed by atoms with van der Waals surface area (Å²) < 4.78 is 70.4. The lowest BCUT2D eigenvalue weighted by Gasteiger charge is -2.10. The van der Waals surface area contributed by atoms with Gasteiger partial charge < -0.3 is 10.1 Å². The molecule has 0 saturated heterocycles. The number of benzene rings is 1. The molecular formula is C20H13F5N4O2S. The number of hydrogen-bond acceptors (Lipinski definition) is 5. The second-order valence-corrected chi connectivity index (χ2v) is 7.56. The molecule has 0 radical (unpaired) electrons. The third-order valence-electron chi connectivity index (χ3n) is 4.40. The van der Waals surface area contributed by atoms with E-state index in [9.17, 15) is 26.7 Å². The fourth-order valence-corrected chi connectivity index (χ4v) is 3.66. The monoisotopic (exact) mass is 468 g/mol. The Labute approximate surface area is 181 Å². The topological polar surface area (TPSA) is 68.5 Å². The highest BCUT2D eigenvalue weighted by atomic mass is 32.1. The van der Waals surface area contributed by atoms with Gasteiger partial charge >= 0.3 is 12.8 Å². The molecule has 1 aromatic carbocycles. The largest absolute Gasteiger partial charge is 0.435 e. The van der Waals surface area contributed by atoms with Crippen LogP contribution in [0.3, 0.4) is 0 Å². The molecule has 0 aliphatic heterocycles. The van der Waals surface area contributed by atoms with Crippen LogP contribution in [-0.2, 0) is 6.18 Å². The van der Waals surface area contributed by atoms with E-state index >= 15 is 0 Å². The van der Waals surface area contributed by atoms with Crippen LogP contribution >= 0.6 is 11.3 Å². The van der Waals surface area contributed by atoms with Crippen LogP contribution in [0, 0.1) is 6.92 Å². The number of anilines is 1. The Morgan fingerprint density at radius 1 is 1.19 bits per heavy atom. The summed E-state index contributed by atoms with van der Waals surface area (Å²) in [6, 6.07) is 9.21. The van der Waals surface area contributed by atoms with E-state index in [2.05, 4.69) is 20.1 Å². The minimum atomic E-state index is -4.73. The summed E-state index contributed by atoms with van der Waals surface area (Å²) >= 11 is 1.23. The molecule has 4 rings (SSSR count). The smallest absolute Gasteiger partial charge is 0.433 e. The van der Waals surface area contributed by atoms with Gasteiger partial charge in [0.15, 0.2) is 17.0 Å². The molecule has 1 amide bonds. The van der Waals surface area contributed by atoms with Crippen LogP contribution in [0.15, 0.2) is 47.8 Å². The first-order chi connectivity index (χ1) is 15.1. The van der Waals surface area contributed by atoms with E-state index in [1.54, 1.807) is 24.4 Å². The van der Waals surface area contributed by atoms with E-state index in [0.29, 0.717) is 15.0 Å². The van der Waals surface area contributed by atoms with Gasteiger partial charge in [-0.2, -0.15) is 27.1 Å². The number of nitrogens with zero attached hydrogens (tertiary/aromatic N) is 3. The summed E-state index contributed by atoms with van der Waals surface area (Å²) in [7, 11) is 0. The van der Waals surface area contributed by atoms with Crippen molar-refractivity contribution < 1.29 is 31.5 Å². The zero-order valence-electron chi connectivity index (χ0n) is 16.2. The van der Waals surface area contributed by atoms with E-state index < -0.39 is 24.4 Å². The van der Waals surface area contributed by atoms with Crippen molar-refractivity contribution in [3.8, 4) is 16.3 Å². The summed E-state index contributed by atoms with van der Waals surface area (Å²) in [5.74, 6) is -0.879. The van der Waals surface area contributed by atoms with Gasteiger partial charge in [0.25, 0.3) is 5.91 Å². The van der Waals surface area contributed by atoms with Gasteiger partial charge in [0.1, 0.15) is 5.75 Å². The average molecular weight is 468 g/mol. The SMILES string of the molecule is Cc1cc(OC(F)F)ccc1NC(=O)c1cc2nc(-c3cccs3)cc(C(F)(F)F)n2n1. The molecule has 0 spiro atoms. The molecule has 0 saturated carbocycles. The maximum atomic E-state index is 13.6. The first-order valence-electron chi connectivity index (χ1n) is 9.00. The van der Waals surface area contributed by atoms with Crippen molar-refractivity contribution in [3.05, 3.63) is 64.8 Å². The highest BCUT2D eigenvalue weighted by Gasteiger charge is 2.35. The van der Waals surface area contributed by atoms with E-state index in [-0.39, 0.29) is 28.5 Å². The Kier molecular flexibility index (Phi) is 5.55. The molecule has 6 nitrogen and oxygen atoms in total. The maximum absolute atomic E-state index is 13.6. The van der Waals surface area contributed by atoms with Gasteiger partial charge in [-0.25, -0.2) is 9.50 Å². The standard InChI is InChI=1S/C20H13F5N4O2S/c1-10-7-11(31-19(21)22)4-5-12(10)27-18(30)14-9-17-26-13(15-3-2-6-32-15)8-16(20(23,24)25)29(17)28-14/h2-9,19H,1H3,(H,27,30). The Balaban J connectivity index is 1.68. The fourth-order valence-electron chi connectivity index (χ4n) is 2.98. The number of amides is 1. The molecule has 0 aliphatic rings. The molecule has 0 bridgehead atoms. The number of ether oxygens (including phenoxy) is 1. The Bertz CT molecular complexity index is 1290. The molecule has 4 aromatic rings. The molecular weight excluding hydrogens is 455 g/mol. The van der Waals surface area contributed by atoms with Crippen molar-refractivity contribution in [2.45, 2.75) is 19.7 Å². The Hall–Kier alpha value is -3.54. The predicted octanol–water partition coefficient (Wildman–Crippen LogP) is 5.64. The lowest BCUT2D eigenvalue weighted by atomic mass is 10.2. The number of aryl methyl sites for hydroxylation is 1. The first-order valence-corrected chi connectivity index (χ1v) is 9.88. The minimum absolute atomic E-state index is 0.0941. The quantitative estimate of drug-likeness (QED) is 0.385. The van der Waals surface area contributed by atoms with Crippen LogP contribution in [0.2, 0.25) is 0 Å². The zero-order valence-corrected chi connectivity index (χ0v) is 17.0. The number of carbonyl (C=O) groups is 1. The van der Waals surface area contributed by atoms with Crippen LogP contribution < -0.4 is 10.1 Å². The van der Waals surface area contributed by atoms with E-state index in [0.717, 1.165) is 12.1 Å². The average Bonchev–Trinajstić information content (AvgIpc) is 3.37. The molecule has 166 valence electrons. The summed E-state index contributed by atoms with van der Waals surface area (Å²) in [5, 5.41) is 8.00. The first kappa shape index (κ1) is 21.7. The van der Waals surface area contributed by atoms with Crippen molar-refractivity contribution in [2.75, 3.05) is 5.32 Å². The molecule has 0 fully saturated rings. The third kappa shape index (κ3) is 4.40. The van der Waals surface area contributed by atoms with Crippen LogP contribution in [0.4, 0.5) is 27.6 Å². The highest BCUT2D eigenvalue weighted by molar-refractivity contribution is 7.13. The summed E-state index contributed by atoms with van der Waals surface area (Å²) in [5.41, 5.74) is -0.734. The number of halogens is 5. The molecule has 0 unspecified atom stereocenters. The number of aromatic nitrogens is 3. The Morgan fingerprint density at radius 2 is 1.97 bits per heavy atom. The number of carbonyl (C=O) groups excluding carboxylic acids is 1. The molecule has 3 heterocycles. The van der Waals surface area contributed by atoms with Gasteiger partial charge in [-0.05, 0) is 48.2 Å². The summed E-state index contributed by atoms with van der Waals surface area (Å²) in [6.07, 6.45) is -4.73. The van der Waals surface area contributed by atoms with Crippen molar-refractivity contribution in [1.29, 1.82) is 0 Å². The van der Waals surface area contributed by atoms with Crippen LogP contribution in [0.1, 0.15) is 21.7 Å². The van der Waals surface area contributed by atoms with Gasteiger partial charge in [0, 0.05) is 11.8 Å². The van der Waals surface area contributed by atoms with Gasteiger partial charge in [0.2, 0.25) is 0 Å². The number of nitrogens with one attached hydrogen (secondary N) is 1. The van der Waals surface area contributed by atoms with Crippen molar-refractivity contribution >= 4 is 28.6 Å². The van der Waals surface area contributed by atoms with Crippen LogP contribution in [0.25, 0.3) is 16.2 Å². The number of alkyl halides is 5. The summed E-state index contributed by atoms with van der Waals surface area (Å²) in [4.78, 5) is 17.4. The fraction of sp³-hybridized carbons (Fsp3) is 0.150. The van der Waals surface area contributed by atoms with Crippen LogP contribution in [-0.4, -0.2) is 27.1 Å². The molecule has 3 aromatic heterocycles. The molecule has 1 N–H and O–H groups in total. The van der Waals surface area contributed by atoms with E-state index in [1.807, 2.05) is 0 Å². The van der Waals surface area contributed by atoms with Gasteiger partial charge in [-0.15, -0.1) is 11.3 Å². The number of fused-ring (bicyclic) bond motifs is 1. The second-order valence-electron chi connectivity index (χ2n) is 6.61. The van der Waals surface area contributed by atoms with E-state index in [1.165, 1.54) is 29.5 Å². The number of rotatable bonds is 5. The van der Waals surface area contributed by atoms with Gasteiger partial charge in [-0.3, -0.25) is 4.79 Å². The minimum Gasteiger partial charge on any atom is -0.435 e. The third-order valence-corrected chi connectivity index (χ3v) is 5.29. The maximum Gasteiger partial charge on any atom is 0.433 e. The molecule has 12 heteroatoms. The zero-order chi connectivity index (χ0) is 23.0. The van der Waals surface area contributed by atoms with Crippen molar-refractivity contribution in [2.24, 2.45) is 0 Å². The molecule has 0 atom stereocenters. The normalized spacial score (nSPS) is 11.8. The lowest BCUT2D eigenvalue weighted by molar-refractivity contribution is -0.142. The summed E-state index contributed by atoms with van der Waals surface area (Å²) in [6.45, 7) is -1.45. The second kappa shape index (κ2) is 8.19. The van der Waals surface area contributed by atoms with Gasteiger partial charge in [0.05, 0.1) is 10.6 Å². The number of thiophene rings is 1. The molecule has 32 heavy (non-hydrogen) atoms. The van der Waals surface area contributed by atoms with Crippen LogP contribution in [0.5, 0.6) is 5.75 Å². The highest BCUT2D eigenvalue weighted by Crippen LogP contribution is 2.33. The lowest BCUT2D eigenvalue weighted by Crippen LogP contribution is -2.16. The predicted molar refractivity (Wildman–Crippen MR) is 107 cm³/mol.